The number of hydrogen-bond acceptors (Lipinski definition) is 4. The molecule has 1 atom stereocenters. The lowest BCUT2D eigenvalue weighted by Gasteiger charge is -2.40. The lowest BCUT2D eigenvalue weighted by molar-refractivity contribution is -0.137. The highest BCUT2D eigenvalue weighted by Gasteiger charge is 2.42. The number of rotatable bonds is 1. The Bertz CT molecular complexity index is 459. The van der Waals surface area contributed by atoms with Crippen LogP contribution in [-0.2, 0) is 14.6 Å². The lowest BCUT2D eigenvalue weighted by atomic mass is 9.96. The molecule has 19 heavy (non-hydrogen) atoms. The molecule has 0 aliphatic carbocycles. The van der Waals surface area contributed by atoms with Crippen molar-refractivity contribution in [3.63, 3.8) is 0 Å². The van der Waals surface area contributed by atoms with Gasteiger partial charge in [0.25, 0.3) is 0 Å². The zero-order valence-electron chi connectivity index (χ0n) is 12.1. The van der Waals surface area contributed by atoms with E-state index in [0.29, 0.717) is 13.1 Å². The maximum absolute atomic E-state index is 12.5. The molecule has 0 saturated carbocycles. The zero-order chi connectivity index (χ0) is 14.3. The first-order valence-electron chi connectivity index (χ1n) is 6.92. The Balaban J connectivity index is 2.05. The van der Waals surface area contributed by atoms with Gasteiger partial charge in [0.15, 0.2) is 9.84 Å². The van der Waals surface area contributed by atoms with Crippen molar-refractivity contribution in [3.8, 4) is 0 Å². The predicted octanol–water partition coefficient (Wildman–Crippen LogP) is 0.364. The summed E-state index contributed by atoms with van der Waals surface area (Å²) >= 11 is 0. The van der Waals surface area contributed by atoms with Gasteiger partial charge in [0.1, 0.15) is 0 Å². The van der Waals surface area contributed by atoms with Crippen molar-refractivity contribution in [2.45, 2.75) is 31.4 Å². The van der Waals surface area contributed by atoms with Crippen LogP contribution < -0.4 is 0 Å². The second kappa shape index (κ2) is 5.05. The first-order valence-corrected chi connectivity index (χ1v) is 8.58. The smallest absolute Gasteiger partial charge is 0.227 e. The summed E-state index contributed by atoms with van der Waals surface area (Å²) in [4.78, 5) is 16.4. The standard InChI is InChI=1S/C13H24N2O3S/c1-13(2)10-15(7-8-19(13,17)18)12(16)11-5-4-6-14(3)9-11/h11H,4-10H2,1-3H3. The van der Waals surface area contributed by atoms with E-state index in [4.69, 9.17) is 0 Å². The number of amides is 1. The fraction of sp³-hybridized carbons (Fsp3) is 0.923. The van der Waals surface area contributed by atoms with Crippen LogP contribution in [0.2, 0.25) is 0 Å². The molecule has 0 radical (unpaired) electrons. The first kappa shape index (κ1) is 14.8. The molecule has 6 heteroatoms. The Kier molecular flexibility index (Phi) is 3.93. The van der Waals surface area contributed by atoms with Crippen LogP contribution in [0.15, 0.2) is 0 Å². The van der Waals surface area contributed by atoms with Crippen LogP contribution in [0.1, 0.15) is 26.7 Å². The Morgan fingerprint density at radius 1 is 1.26 bits per heavy atom. The van der Waals surface area contributed by atoms with E-state index in [0.717, 1.165) is 25.9 Å². The van der Waals surface area contributed by atoms with Gasteiger partial charge in [-0.05, 0) is 40.3 Å². The van der Waals surface area contributed by atoms with Crippen LogP contribution in [0.25, 0.3) is 0 Å². The highest BCUT2D eigenvalue weighted by atomic mass is 32.2. The Hall–Kier alpha value is -0.620. The van der Waals surface area contributed by atoms with Gasteiger partial charge in [-0.15, -0.1) is 0 Å². The minimum atomic E-state index is -3.07. The molecule has 0 aromatic heterocycles. The van der Waals surface area contributed by atoms with E-state index >= 15 is 0 Å². The third-order valence-corrected chi connectivity index (χ3v) is 6.86. The van der Waals surface area contributed by atoms with Crippen LogP contribution in [0, 0.1) is 5.92 Å². The van der Waals surface area contributed by atoms with Gasteiger partial charge >= 0.3 is 0 Å². The molecule has 0 bridgehead atoms. The molecule has 2 heterocycles. The number of piperidine rings is 1. The molecule has 1 amide bonds. The maximum Gasteiger partial charge on any atom is 0.227 e. The van der Waals surface area contributed by atoms with Gasteiger partial charge in [0.05, 0.1) is 16.4 Å². The highest BCUT2D eigenvalue weighted by Crippen LogP contribution is 2.26. The number of likely N-dealkylation sites (tertiary alicyclic amines) is 1. The van der Waals surface area contributed by atoms with E-state index in [1.807, 2.05) is 7.05 Å². The van der Waals surface area contributed by atoms with Crippen molar-refractivity contribution in [3.05, 3.63) is 0 Å². The van der Waals surface area contributed by atoms with Gasteiger partial charge in [0, 0.05) is 19.6 Å². The van der Waals surface area contributed by atoms with Gasteiger partial charge in [0.2, 0.25) is 5.91 Å². The van der Waals surface area contributed by atoms with Crippen LogP contribution in [0.3, 0.4) is 0 Å². The van der Waals surface area contributed by atoms with Crippen LogP contribution in [0.4, 0.5) is 0 Å². The van der Waals surface area contributed by atoms with Crippen LogP contribution >= 0.6 is 0 Å². The van der Waals surface area contributed by atoms with Crippen molar-refractivity contribution in [2.24, 2.45) is 5.92 Å². The molecule has 0 spiro atoms. The topological polar surface area (TPSA) is 57.7 Å². The van der Waals surface area contributed by atoms with E-state index in [2.05, 4.69) is 4.90 Å². The van der Waals surface area contributed by atoms with Crippen LogP contribution in [0.5, 0.6) is 0 Å². The van der Waals surface area contributed by atoms with E-state index in [1.165, 1.54) is 0 Å². The van der Waals surface area contributed by atoms with Crippen molar-refractivity contribution in [1.82, 2.24) is 9.80 Å². The molecule has 0 N–H and O–H groups in total. The number of sulfone groups is 1. The van der Waals surface area contributed by atoms with Gasteiger partial charge in [-0.1, -0.05) is 0 Å². The summed E-state index contributed by atoms with van der Waals surface area (Å²) in [7, 11) is -1.04. The molecule has 2 rings (SSSR count). The average Bonchev–Trinajstić information content (AvgIpc) is 2.32. The van der Waals surface area contributed by atoms with Crippen molar-refractivity contribution < 1.29 is 13.2 Å². The summed E-state index contributed by atoms with van der Waals surface area (Å²) in [5.41, 5.74) is 0. The number of hydrogen-bond donors (Lipinski definition) is 0. The summed E-state index contributed by atoms with van der Waals surface area (Å²) in [6, 6.07) is 0. The average molecular weight is 288 g/mol. The minimum absolute atomic E-state index is 0.0374. The summed E-state index contributed by atoms with van der Waals surface area (Å²) < 4.78 is 23.1. The molecule has 0 aromatic carbocycles. The second-order valence-corrected chi connectivity index (χ2v) is 9.18. The molecule has 110 valence electrons. The predicted molar refractivity (Wildman–Crippen MR) is 74.7 cm³/mol. The monoisotopic (exact) mass is 288 g/mol. The molecular formula is C13H24N2O3S. The van der Waals surface area contributed by atoms with E-state index in [9.17, 15) is 13.2 Å². The molecule has 2 aliphatic heterocycles. The quantitative estimate of drug-likeness (QED) is 0.699. The Morgan fingerprint density at radius 3 is 2.53 bits per heavy atom. The summed E-state index contributed by atoms with van der Waals surface area (Å²) in [5, 5.41) is 0. The summed E-state index contributed by atoms with van der Waals surface area (Å²) in [6.45, 7) is 5.95. The van der Waals surface area contributed by atoms with Crippen molar-refractivity contribution in [2.75, 3.05) is 39.0 Å². The maximum atomic E-state index is 12.5. The van der Waals surface area contributed by atoms with E-state index < -0.39 is 14.6 Å². The highest BCUT2D eigenvalue weighted by molar-refractivity contribution is 7.92. The van der Waals surface area contributed by atoms with E-state index in [1.54, 1.807) is 18.7 Å². The lowest BCUT2D eigenvalue weighted by Crippen LogP contribution is -2.56. The Morgan fingerprint density at radius 2 is 1.95 bits per heavy atom. The largest absolute Gasteiger partial charge is 0.340 e. The first-order chi connectivity index (χ1) is 8.73. The minimum Gasteiger partial charge on any atom is -0.340 e. The third kappa shape index (κ3) is 2.94. The Labute approximate surface area is 115 Å². The van der Waals surface area contributed by atoms with Gasteiger partial charge in [-0.3, -0.25) is 4.79 Å². The molecule has 0 aromatic rings. The van der Waals surface area contributed by atoms with Crippen LogP contribution in [-0.4, -0.2) is 67.9 Å². The number of carbonyl (C=O) groups excluding carboxylic acids is 1. The van der Waals surface area contributed by atoms with Gasteiger partial charge < -0.3 is 9.80 Å². The van der Waals surface area contributed by atoms with Gasteiger partial charge in [-0.2, -0.15) is 0 Å². The SMILES string of the molecule is CN1CCCC(C(=O)N2CCS(=O)(=O)C(C)(C)C2)C1. The molecule has 2 aliphatic rings. The van der Waals surface area contributed by atoms with Crippen molar-refractivity contribution >= 4 is 15.7 Å². The van der Waals surface area contributed by atoms with Gasteiger partial charge in [-0.25, -0.2) is 8.42 Å². The second-order valence-electron chi connectivity index (χ2n) is 6.44. The number of nitrogens with zero attached hydrogens (tertiary/aromatic N) is 2. The molecular weight excluding hydrogens is 264 g/mol. The molecule has 2 fully saturated rings. The fourth-order valence-electron chi connectivity index (χ4n) is 2.96. The molecule has 5 nitrogen and oxygen atoms in total. The fourth-order valence-corrected chi connectivity index (χ4v) is 4.32. The van der Waals surface area contributed by atoms with E-state index in [-0.39, 0.29) is 17.6 Å². The molecule has 2 saturated heterocycles. The summed E-state index contributed by atoms with van der Waals surface area (Å²) in [6.07, 6.45) is 1.97. The zero-order valence-corrected chi connectivity index (χ0v) is 12.9. The third-order valence-electron chi connectivity index (χ3n) is 4.33. The summed E-state index contributed by atoms with van der Waals surface area (Å²) in [5.74, 6) is 0.263. The van der Waals surface area contributed by atoms with Crippen molar-refractivity contribution in [1.29, 1.82) is 0 Å². The molecule has 1 unspecified atom stereocenters. The normalized spacial score (nSPS) is 31.1. The number of carbonyl (C=O) groups is 1.